The van der Waals surface area contributed by atoms with Gasteiger partial charge in [-0.2, -0.15) is 0 Å². The number of rotatable bonds is 6. The van der Waals surface area contributed by atoms with E-state index < -0.39 is 5.91 Å². The normalized spacial score (nSPS) is 11.0. The lowest BCUT2D eigenvalue weighted by molar-refractivity contribution is 0.102. The van der Waals surface area contributed by atoms with Crippen LogP contribution in [0.1, 0.15) is 22.5 Å². The van der Waals surface area contributed by atoms with Gasteiger partial charge in [-0.15, -0.1) is 0 Å². The van der Waals surface area contributed by atoms with Crippen LogP contribution >= 0.6 is 0 Å². The molecule has 0 radical (unpaired) electrons. The number of amides is 1. The first-order valence-electron chi connectivity index (χ1n) is 7.80. The number of nitrogens with zero attached hydrogens (tertiary/aromatic N) is 3. The molecule has 3 aromatic rings. The number of methoxy groups -OCH3 is 1. The molecule has 0 saturated carbocycles. The first kappa shape index (κ1) is 16.8. The Morgan fingerprint density at radius 3 is 2.84 bits per heavy atom. The Morgan fingerprint density at radius 2 is 2.12 bits per heavy atom. The summed E-state index contributed by atoms with van der Waals surface area (Å²) >= 11 is 0. The number of fused-ring (bicyclic) bond motifs is 1. The van der Waals surface area contributed by atoms with Crippen LogP contribution in [0.5, 0.6) is 0 Å². The summed E-state index contributed by atoms with van der Waals surface area (Å²) in [5.74, 6) is -0.0724. The van der Waals surface area contributed by atoms with Crippen molar-refractivity contribution in [3.8, 4) is 0 Å². The molecule has 8 nitrogen and oxygen atoms in total. The average Bonchev–Trinajstić information content (AvgIpc) is 2.95. The summed E-state index contributed by atoms with van der Waals surface area (Å²) in [6.45, 7) is 2.62. The zero-order chi connectivity index (χ0) is 17.8. The van der Waals surface area contributed by atoms with Crippen LogP contribution in [0.15, 0.2) is 40.1 Å². The molecule has 0 saturated heterocycles. The van der Waals surface area contributed by atoms with Crippen molar-refractivity contribution in [2.24, 2.45) is 0 Å². The maximum atomic E-state index is 12.7. The number of hydrogen-bond acceptors (Lipinski definition) is 6. The Morgan fingerprint density at radius 1 is 1.36 bits per heavy atom. The molecule has 3 aromatic heterocycles. The first-order chi connectivity index (χ1) is 12.1. The number of nitrogens with one attached hydrogen (secondary N) is 1. The van der Waals surface area contributed by atoms with Gasteiger partial charge in [-0.25, -0.2) is 4.98 Å². The first-order valence-corrected chi connectivity index (χ1v) is 7.80. The van der Waals surface area contributed by atoms with Crippen molar-refractivity contribution in [2.75, 3.05) is 19.0 Å². The van der Waals surface area contributed by atoms with Gasteiger partial charge in [0.2, 0.25) is 5.71 Å². The molecule has 0 aliphatic carbocycles. The molecule has 8 heteroatoms. The smallest absolute Gasteiger partial charge is 0.265 e. The minimum Gasteiger partial charge on any atom is -0.442 e. The van der Waals surface area contributed by atoms with Crippen molar-refractivity contribution in [3.05, 3.63) is 52.5 Å². The Balaban J connectivity index is 1.99. The predicted molar refractivity (Wildman–Crippen MR) is 91.7 cm³/mol. The number of carbonyl (C=O) groups is 1. The van der Waals surface area contributed by atoms with Crippen LogP contribution in [0.3, 0.4) is 0 Å². The lowest BCUT2D eigenvalue weighted by Crippen LogP contribution is -2.23. The topological polar surface area (TPSA) is 99.2 Å². The summed E-state index contributed by atoms with van der Waals surface area (Å²) in [4.78, 5) is 33.5. The molecule has 0 unspecified atom stereocenters. The van der Waals surface area contributed by atoms with Gasteiger partial charge in [-0.05, 0) is 25.5 Å². The minimum absolute atomic E-state index is 0.158. The third-order valence-corrected chi connectivity index (χ3v) is 3.77. The van der Waals surface area contributed by atoms with Crippen molar-refractivity contribution in [3.63, 3.8) is 0 Å². The highest BCUT2D eigenvalue weighted by atomic mass is 16.5. The number of hydrogen-bond donors (Lipinski definition) is 1. The number of aromatic nitrogens is 3. The molecule has 25 heavy (non-hydrogen) atoms. The van der Waals surface area contributed by atoms with E-state index in [-0.39, 0.29) is 22.2 Å². The summed E-state index contributed by atoms with van der Waals surface area (Å²) in [5, 5.41) is 2.93. The van der Waals surface area contributed by atoms with Crippen molar-refractivity contribution >= 4 is 22.7 Å². The second-order valence-electron chi connectivity index (χ2n) is 5.49. The van der Waals surface area contributed by atoms with Gasteiger partial charge in [0.25, 0.3) is 11.5 Å². The lowest BCUT2D eigenvalue weighted by atomic mass is 10.1. The highest BCUT2D eigenvalue weighted by molar-refractivity contribution is 6.12. The Hall–Kier alpha value is -3.00. The number of carbonyl (C=O) groups excluding carboxylic acids is 1. The second kappa shape index (κ2) is 7.27. The molecule has 0 bridgehead atoms. The van der Waals surface area contributed by atoms with Crippen molar-refractivity contribution in [1.29, 1.82) is 0 Å². The van der Waals surface area contributed by atoms with E-state index in [1.54, 1.807) is 38.6 Å². The lowest BCUT2D eigenvalue weighted by Gasteiger charge is -2.06. The van der Waals surface area contributed by atoms with Crippen LogP contribution in [-0.4, -0.2) is 34.2 Å². The van der Waals surface area contributed by atoms with Gasteiger partial charge >= 0.3 is 0 Å². The molecule has 0 aromatic carbocycles. The fourth-order valence-corrected chi connectivity index (χ4v) is 2.58. The summed E-state index contributed by atoms with van der Waals surface area (Å²) in [5.41, 5.74) is 0.631. The average molecular weight is 342 g/mol. The SMILES string of the molecule is COCCCn1cnc2oc(C)c(C(=O)Nc3ccncc3)c2c1=O. The molecular weight excluding hydrogens is 324 g/mol. The molecular formula is C17H18N4O4. The van der Waals surface area contributed by atoms with Gasteiger partial charge in [0.1, 0.15) is 17.5 Å². The van der Waals surface area contributed by atoms with Crippen LogP contribution in [0.25, 0.3) is 11.1 Å². The Labute approximate surface area is 143 Å². The fourth-order valence-electron chi connectivity index (χ4n) is 2.58. The highest BCUT2D eigenvalue weighted by Gasteiger charge is 2.22. The third-order valence-electron chi connectivity index (χ3n) is 3.77. The number of furan rings is 1. The molecule has 3 heterocycles. The zero-order valence-electron chi connectivity index (χ0n) is 14.0. The van der Waals surface area contributed by atoms with Gasteiger partial charge in [-0.1, -0.05) is 0 Å². The highest BCUT2D eigenvalue weighted by Crippen LogP contribution is 2.22. The third kappa shape index (κ3) is 3.43. The molecule has 1 N–H and O–H groups in total. The van der Waals surface area contributed by atoms with Gasteiger partial charge < -0.3 is 14.5 Å². The number of aryl methyl sites for hydroxylation is 2. The van der Waals surface area contributed by atoms with E-state index in [1.807, 2.05) is 0 Å². The summed E-state index contributed by atoms with van der Waals surface area (Å²) in [6, 6.07) is 3.33. The zero-order valence-corrected chi connectivity index (χ0v) is 14.0. The maximum Gasteiger partial charge on any atom is 0.265 e. The molecule has 0 fully saturated rings. The van der Waals surface area contributed by atoms with E-state index in [0.29, 0.717) is 31.0 Å². The van der Waals surface area contributed by atoms with Crippen LogP contribution in [0.2, 0.25) is 0 Å². The summed E-state index contributed by atoms with van der Waals surface area (Å²) in [6.07, 6.45) is 5.23. The van der Waals surface area contributed by atoms with Gasteiger partial charge in [0, 0.05) is 38.3 Å². The molecule has 1 amide bonds. The molecule has 0 atom stereocenters. The number of pyridine rings is 1. The maximum absolute atomic E-state index is 12.7. The van der Waals surface area contributed by atoms with Crippen LogP contribution in [0, 0.1) is 6.92 Å². The van der Waals surface area contributed by atoms with Crippen molar-refractivity contribution in [2.45, 2.75) is 19.9 Å². The van der Waals surface area contributed by atoms with E-state index in [9.17, 15) is 9.59 Å². The molecule has 0 aliphatic heterocycles. The minimum atomic E-state index is -0.420. The van der Waals surface area contributed by atoms with E-state index in [0.717, 1.165) is 0 Å². The van der Waals surface area contributed by atoms with E-state index in [4.69, 9.17) is 9.15 Å². The van der Waals surface area contributed by atoms with E-state index in [1.165, 1.54) is 10.9 Å². The van der Waals surface area contributed by atoms with Crippen molar-refractivity contribution < 1.29 is 13.9 Å². The van der Waals surface area contributed by atoms with Gasteiger partial charge in [0.15, 0.2) is 0 Å². The summed E-state index contributed by atoms with van der Waals surface area (Å²) in [7, 11) is 1.60. The van der Waals surface area contributed by atoms with Crippen molar-refractivity contribution in [1.82, 2.24) is 14.5 Å². The molecule has 130 valence electrons. The van der Waals surface area contributed by atoms with E-state index >= 15 is 0 Å². The Kier molecular flexibility index (Phi) is 4.90. The number of anilines is 1. The van der Waals surface area contributed by atoms with E-state index in [2.05, 4.69) is 15.3 Å². The standard InChI is InChI=1S/C17H18N4O4/c1-11-13(15(22)20-12-4-6-18-7-5-12)14-16(25-11)19-10-21(17(14)23)8-3-9-24-2/h4-7,10H,3,8-9H2,1-2H3,(H,18,20,22). The van der Waals surface area contributed by atoms with Crippen LogP contribution in [-0.2, 0) is 11.3 Å². The monoisotopic (exact) mass is 342 g/mol. The van der Waals surface area contributed by atoms with Crippen LogP contribution < -0.4 is 10.9 Å². The van der Waals surface area contributed by atoms with Gasteiger partial charge in [-0.3, -0.25) is 19.1 Å². The summed E-state index contributed by atoms with van der Waals surface area (Å²) < 4.78 is 12.0. The largest absolute Gasteiger partial charge is 0.442 e. The van der Waals surface area contributed by atoms with Crippen LogP contribution in [0.4, 0.5) is 5.69 Å². The second-order valence-corrected chi connectivity index (χ2v) is 5.49. The van der Waals surface area contributed by atoms with Gasteiger partial charge in [0.05, 0.1) is 5.56 Å². The predicted octanol–water partition coefficient (Wildman–Crippen LogP) is 1.98. The number of ether oxygens (including phenoxy) is 1. The molecule has 3 rings (SSSR count). The fraction of sp³-hybridized carbons (Fsp3) is 0.294. The Bertz CT molecular complexity index is 946. The molecule has 0 aliphatic rings. The molecule has 0 spiro atoms. The quantitative estimate of drug-likeness (QED) is 0.688.